The molecule has 7 nitrogen and oxygen atoms in total. The largest absolute Gasteiger partial charge is 0.466 e. The van der Waals surface area contributed by atoms with Crippen LogP contribution in [0.5, 0.6) is 0 Å². The molecule has 0 amide bonds. The van der Waals surface area contributed by atoms with Gasteiger partial charge in [-0.25, -0.2) is 0 Å². The lowest BCUT2D eigenvalue weighted by molar-refractivity contribution is -0.167. The Labute approximate surface area is 167 Å². The van der Waals surface area contributed by atoms with Crippen LogP contribution in [0.25, 0.3) is 0 Å². The molecule has 1 unspecified atom stereocenters. The number of pyridine rings is 1. The topological polar surface area (TPSA) is 99.6 Å². The number of aromatic nitrogens is 1. The van der Waals surface area contributed by atoms with Crippen LogP contribution in [0.1, 0.15) is 57.8 Å². The maximum Gasteiger partial charge on any atom is 0.328 e. The molecule has 1 aromatic heterocycles. The van der Waals surface area contributed by atoms with Crippen LogP contribution in [0.3, 0.4) is 0 Å². The summed E-state index contributed by atoms with van der Waals surface area (Å²) in [6.45, 7) is 7.83. The van der Waals surface area contributed by atoms with Crippen molar-refractivity contribution in [3.63, 3.8) is 0 Å². The van der Waals surface area contributed by atoms with Crippen molar-refractivity contribution < 1.29 is 28.7 Å². The van der Waals surface area contributed by atoms with Crippen molar-refractivity contribution in [2.75, 3.05) is 6.61 Å². The fraction of sp³-hybridized carbons (Fsp3) is 0.526. The van der Waals surface area contributed by atoms with Crippen molar-refractivity contribution in [3.05, 3.63) is 28.5 Å². The SMILES string of the molecule is CCOC(=O)CCC(C(C)=O)(C(=O)OC(C)(C)C)C(=O)c1cncc(Br)c1. The highest BCUT2D eigenvalue weighted by atomic mass is 79.9. The zero-order valence-corrected chi connectivity index (χ0v) is 17.7. The van der Waals surface area contributed by atoms with E-state index in [-0.39, 0.29) is 25.0 Å². The Kier molecular flexibility index (Phi) is 7.83. The first-order valence-corrected chi connectivity index (χ1v) is 9.28. The van der Waals surface area contributed by atoms with Gasteiger partial charge >= 0.3 is 11.9 Å². The first-order chi connectivity index (χ1) is 12.4. The van der Waals surface area contributed by atoms with Crippen molar-refractivity contribution in [2.24, 2.45) is 5.41 Å². The van der Waals surface area contributed by atoms with Crippen molar-refractivity contribution in [3.8, 4) is 0 Å². The Morgan fingerprint density at radius 2 is 1.78 bits per heavy atom. The van der Waals surface area contributed by atoms with Crippen LogP contribution >= 0.6 is 15.9 Å². The number of carbonyl (C=O) groups excluding carboxylic acids is 4. The fourth-order valence-electron chi connectivity index (χ4n) is 2.46. The third kappa shape index (κ3) is 5.95. The quantitative estimate of drug-likeness (QED) is 0.346. The second-order valence-electron chi connectivity index (χ2n) is 6.99. The van der Waals surface area contributed by atoms with Gasteiger partial charge in [0.25, 0.3) is 0 Å². The fourth-order valence-corrected chi connectivity index (χ4v) is 2.82. The van der Waals surface area contributed by atoms with E-state index < -0.39 is 34.5 Å². The van der Waals surface area contributed by atoms with Crippen LogP contribution in [0.4, 0.5) is 0 Å². The number of esters is 2. The molecule has 0 aliphatic carbocycles. The molecule has 0 saturated heterocycles. The minimum absolute atomic E-state index is 0.0642. The van der Waals surface area contributed by atoms with Gasteiger partial charge in [-0.05, 0) is 63.0 Å². The number of hydrogen-bond donors (Lipinski definition) is 0. The normalized spacial score (nSPS) is 13.4. The predicted molar refractivity (Wildman–Crippen MR) is 101 cm³/mol. The summed E-state index contributed by atoms with van der Waals surface area (Å²) in [6, 6.07) is 1.46. The summed E-state index contributed by atoms with van der Waals surface area (Å²) in [4.78, 5) is 54.5. The highest BCUT2D eigenvalue weighted by molar-refractivity contribution is 9.10. The third-order valence-corrected chi connectivity index (χ3v) is 4.15. The highest BCUT2D eigenvalue weighted by Crippen LogP contribution is 2.34. The number of rotatable bonds is 8. The molecule has 0 saturated carbocycles. The van der Waals surface area contributed by atoms with E-state index in [1.807, 2.05) is 0 Å². The van der Waals surface area contributed by atoms with Gasteiger partial charge in [0.2, 0.25) is 0 Å². The Balaban J connectivity index is 3.41. The van der Waals surface area contributed by atoms with Crippen LogP contribution in [0.15, 0.2) is 22.9 Å². The first-order valence-electron chi connectivity index (χ1n) is 8.49. The zero-order valence-electron chi connectivity index (χ0n) is 16.1. The Hall–Kier alpha value is -2.09. The maximum atomic E-state index is 13.2. The van der Waals surface area contributed by atoms with Crippen LogP contribution in [0, 0.1) is 5.41 Å². The van der Waals surface area contributed by atoms with Crippen molar-refractivity contribution in [1.29, 1.82) is 0 Å². The van der Waals surface area contributed by atoms with Crippen molar-refractivity contribution in [1.82, 2.24) is 4.98 Å². The third-order valence-electron chi connectivity index (χ3n) is 3.71. The minimum Gasteiger partial charge on any atom is -0.466 e. The highest BCUT2D eigenvalue weighted by Gasteiger charge is 2.53. The summed E-state index contributed by atoms with van der Waals surface area (Å²) < 4.78 is 10.7. The van der Waals surface area contributed by atoms with Crippen molar-refractivity contribution in [2.45, 2.75) is 53.1 Å². The monoisotopic (exact) mass is 441 g/mol. The Morgan fingerprint density at radius 3 is 2.26 bits per heavy atom. The molecule has 8 heteroatoms. The van der Waals surface area contributed by atoms with E-state index in [1.165, 1.54) is 18.5 Å². The van der Waals surface area contributed by atoms with Gasteiger partial charge in [-0.3, -0.25) is 24.2 Å². The molecular formula is C19H24BrNO6. The van der Waals surface area contributed by atoms with E-state index in [1.54, 1.807) is 27.7 Å². The second kappa shape index (κ2) is 9.21. The number of carbonyl (C=O) groups is 4. The molecular weight excluding hydrogens is 418 g/mol. The summed E-state index contributed by atoms with van der Waals surface area (Å²) in [7, 11) is 0. The van der Waals surface area contributed by atoms with Gasteiger partial charge in [-0.15, -0.1) is 0 Å². The van der Waals surface area contributed by atoms with Gasteiger partial charge in [0.05, 0.1) is 6.61 Å². The standard InChI is InChI=1S/C19H24BrNO6/c1-6-26-15(23)7-8-19(12(2)22,17(25)27-18(3,4)5)16(24)13-9-14(20)11-21-10-13/h9-11H,6-8H2,1-5H3. The molecule has 1 heterocycles. The number of halogens is 1. The number of ketones is 2. The minimum atomic E-state index is -2.15. The van der Waals surface area contributed by atoms with Crippen molar-refractivity contribution >= 4 is 39.4 Å². The summed E-state index contributed by atoms with van der Waals surface area (Å²) >= 11 is 3.21. The molecule has 1 rings (SSSR count). The predicted octanol–water partition coefficient (Wildman–Crippen LogP) is 3.29. The summed E-state index contributed by atoms with van der Waals surface area (Å²) in [6.07, 6.45) is 2.11. The molecule has 0 aromatic carbocycles. The molecule has 148 valence electrons. The van der Waals surface area contributed by atoms with Gasteiger partial charge < -0.3 is 9.47 Å². The molecule has 0 radical (unpaired) electrons. The average Bonchev–Trinajstić information content (AvgIpc) is 2.53. The van der Waals surface area contributed by atoms with E-state index in [4.69, 9.17) is 9.47 Å². The lowest BCUT2D eigenvalue weighted by Crippen LogP contribution is -2.49. The molecule has 0 bridgehead atoms. The van der Waals surface area contributed by atoms with Gasteiger partial charge in [0, 0.05) is 28.9 Å². The Morgan fingerprint density at radius 1 is 1.15 bits per heavy atom. The van der Waals surface area contributed by atoms with E-state index >= 15 is 0 Å². The van der Waals surface area contributed by atoms with E-state index in [0.29, 0.717) is 4.47 Å². The maximum absolute atomic E-state index is 13.2. The smallest absolute Gasteiger partial charge is 0.328 e. The van der Waals surface area contributed by atoms with Gasteiger partial charge in [-0.1, -0.05) is 0 Å². The van der Waals surface area contributed by atoms with Crippen LogP contribution in [-0.2, 0) is 23.9 Å². The van der Waals surface area contributed by atoms with Gasteiger partial charge in [0.15, 0.2) is 17.0 Å². The number of Topliss-reactive ketones (excluding diaryl/α,β-unsaturated/α-hetero) is 2. The van der Waals surface area contributed by atoms with Gasteiger partial charge in [-0.2, -0.15) is 0 Å². The zero-order chi connectivity index (χ0) is 20.8. The number of ether oxygens (including phenoxy) is 2. The molecule has 0 aliphatic heterocycles. The molecule has 1 atom stereocenters. The van der Waals surface area contributed by atoms with E-state index in [2.05, 4.69) is 20.9 Å². The molecule has 1 aromatic rings. The van der Waals surface area contributed by atoms with Crippen LogP contribution in [0.2, 0.25) is 0 Å². The van der Waals surface area contributed by atoms with E-state index in [0.717, 1.165) is 6.92 Å². The molecule has 0 N–H and O–H groups in total. The molecule has 0 fully saturated rings. The number of nitrogens with zero attached hydrogens (tertiary/aromatic N) is 1. The summed E-state index contributed by atoms with van der Waals surface area (Å²) in [5.74, 6) is -3.06. The lowest BCUT2D eigenvalue weighted by Gasteiger charge is -2.31. The van der Waals surface area contributed by atoms with Crippen LogP contribution in [-0.4, -0.2) is 40.7 Å². The lowest BCUT2D eigenvalue weighted by atomic mass is 9.73. The Bertz CT molecular complexity index is 740. The summed E-state index contributed by atoms with van der Waals surface area (Å²) in [5.41, 5.74) is -3.01. The first kappa shape index (κ1) is 23.0. The molecule has 0 aliphatic rings. The average molecular weight is 442 g/mol. The van der Waals surface area contributed by atoms with E-state index in [9.17, 15) is 19.2 Å². The molecule has 27 heavy (non-hydrogen) atoms. The molecule has 0 spiro atoms. The van der Waals surface area contributed by atoms with Gasteiger partial charge in [0.1, 0.15) is 5.60 Å². The summed E-state index contributed by atoms with van der Waals surface area (Å²) in [5, 5.41) is 0. The number of hydrogen-bond acceptors (Lipinski definition) is 7. The van der Waals surface area contributed by atoms with Crippen LogP contribution < -0.4 is 0 Å². The second-order valence-corrected chi connectivity index (χ2v) is 7.91.